The molecule has 0 bridgehead atoms. The monoisotopic (exact) mass is 386 g/mol. The van der Waals surface area contributed by atoms with E-state index in [2.05, 4.69) is 60.0 Å². The maximum absolute atomic E-state index is 11.0. The van der Waals surface area contributed by atoms with E-state index in [-0.39, 0.29) is 0 Å². The highest BCUT2D eigenvalue weighted by molar-refractivity contribution is 14.1. The molecule has 0 radical (unpaired) electrons. The second-order valence-corrected chi connectivity index (χ2v) is 6.38. The van der Waals surface area contributed by atoms with Gasteiger partial charge in [0.25, 0.3) is 0 Å². The van der Waals surface area contributed by atoms with Gasteiger partial charge in [0.05, 0.1) is 0 Å². The van der Waals surface area contributed by atoms with Crippen LogP contribution in [-0.2, 0) is 13.0 Å². The number of nitrogens with zero attached hydrogens (tertiary/aromatic N) is 1. The molecule has 0 atom stereocenters. The molecule has 108 valence electrons. The molecule has 0 saturated carbocycles. The van der Waals surface area contributed by atoms with Gasteiger partial charge in [-0.15, -0.1) is 0 Å². The van der Waals surface area contributed by atoms with Gasteiger partial charge in [0.15, 0.2) is 0 Å². The molecule has 5 heteroatoms. The summed E-state index contributed by atoms with van der Waals surface area (Å²) < 4.78 is 1.13. The first-order chi connectivity index (χ1) is 9.47. The van der Waals surface area contributed by atoms with E-state index >= 15 is 0 Å². The number of benzene rings is 1. The second kappa shape index (κ2) is 6.47. The minimum atomic E-state index is -0.837. The van der Waals surface area contributed by atoms with Crippen LogP contribution in [0.4, 0.5) is 10.5 Å². The first kappa shape index (κ1) is 15.2. The molecule has 0 saturated heterocycles. The molecular formula is C15H19IN2O2. The minimum Gasteiger partial charge on any atom is -0.465 e. The van der Waals surface area contributed by atoms with Crippen molar-refractivity contribution in [3.8, 4) is 0 Å². The third-order valence-electron chi connectivity index (χ3n) is 3.37. The summed E-state index contributed by atoms with van der Waals surface area (Å²) in [7, 11) is 0. The maximum Gasteiger partial charge on any atom is 0.407 e. The standard InChI is InChI=1S/C15H19IN2O2/c1-10(2)3-5-17-14-8-11-4-6-18(15(19)20)9-12(11)7-13(14)16/h3,7-8,17H,4-6,9H2,1-2H3,(H,19,20). The molecule has 1 amide bonds. The number of allylic oxidation sites excluding steroid dienone is 1. The van der Waals surface area contributed by atoms with Gasteiger partial charge < -0.3 is 15.3 Å². The lowest BCUT2D eigenvalue weighted by atomic mass is 9.99. The number of nitrogens with one attached hydrogen (secondary N) is 1. The smallest absolute Gasteiger partial charge is 0.407 e. The lowest BCUT2D eigenvalue weighted by Crippen LogP contribution is -2.34. The summed E-state index contributed by atoms with van der Waals surface area (Å²) in [6.07, 6.45) is 2.11. The van der Waals surface area contributed by atoms with Gasteiger partial charge in [-0.25, -0.2) is 4.79 Å². The van der Waals surface area contributed by atoms with Crippen molar-refractivity contribution >= 4 is 34.4 Å². The quantitative estimate of drug-likeness (QED) is 0.615. The van der Waals surface area contributed by atoms with Crippen molar-refractivity contribution in [1.29, 1.82) is 0 Å². The van der Waals surface area contributed by atoms with Crippen molar-refractivity contribution in [3.63, 3.8) is 0 Å². The number of amides is 1. The summed E-state index contributed by atoms with van der Waals surface area (Å²) in [5.41, 5.74) is 4.80. The van der Waals surface area contributed by atoms with Crippen LogP contribution in [0.1, 0.15) is 25.0 Å². The summed E-state index contributed by atoms with van der Waals surface area (Å²) in [5.74, 6) is 0. The normalized spacial score (nSPS) is 13.7. The Labute approximate surface area is 133 Å². The van der Waals surface area contributed by atoms with Crippen LogP contribution in [-0.4, -0.2) is 29.2 Å². The van der Waals surface area contributed by atoms with E-state index in [4.69, 9.17) is 5.11 Å². The van der Waals surface area contributed by atoms with Gasteiger partial charge in [0.2, 0.25) is 0 Å². The number of hydrogen-bond donors (Lipinski definition) is 2. The molecule has 4 nitrogen and oxygen atoms in total. The molecule has 0 aliphatic carbocycles. The summed E-state index contributed by atoms with van der Waals surface area (Å²) >= 11 is 2.30. The number of anilines is 1. The molecule has 1 aliphatic heterocycles. The number of carbonyl (C=O) groups is 1. The summed E-state index contributed by atoms with van der Waals surface area (Å²) in [4.78, 5) is 12.5. The Morgan fingerprint density at radius 2 is 2.20 bits per heavy atom. The van der Waals surface area contributed by atoms with Gasteiger partial charge in [-0.3, -0.25) is 0 Å². The van der Waals surface area contributed by atoms with Crippen LogP contribution >= 0.6 is 22.6 Å². The van der Waals surface area contributed by atoms with Crippen molar-refractivity contribution < 1.29 is 9.90 Å². The average molecular weight is 386 g/mol. The van der Waals surface area contributed by atoms with E-state index in [9.17, 15) is 4.79 Å². The highest BCUT2D eigenvalue weighted by atomic mass is 127. The third kappa shape index (κ3) is 3.65. The highest BCUT2D eigenvalue weighted by Crippen LogP contribution is 2.27. The van der Waals surface area contributed by atoms with Gasteiger partial charge in [-0.1, -0.05) is 11.6 Å². The van der Waals surface area contributed by atoms with Crippen LogP contribution in [0.15, 0.2) is 23.8 Å². The fourth-order valence-corrected chi connectivity index (χ4v) is 2.97. The van der Waals surface area contributed by atoms with E-state index < -0.39 is 6.09 Å². The van der Waals surface area contributed by atoms with Crippen LogP contribution in [0, 0.1) is 3.57 Å². The SMILES string of the molecule is CC(C)=CCNc1cc2c(cc1I)CN(C(=O)O)CC2. The predicted octanol–water partition coefficient (Wildman–Crippen LogP) is 3.71. The van der Waals surface area contributed by atoms with Gasteiger partial charge in [0, 0.05) is 28.9 Å². The molecule has 0 fully saturated rings. The van der Waals surface area contributed by atoms with Crippen molar-refractivity contribution in [3.05, 3.63) is 38.5 Å². The van der Waals surface area contributed by atoms with Gasteiger partial charge in [-0.2, -0.15) is 0 Å². The van der Waals surface area contributed by atoms with E-state index in [1.807, 2.05) is 0 Å². The zero-order valence-corrected chi connectivity index (χ0v) is 13.9. The van der Waals surface area contributed by atoms with Gasteiger partial charge in [0.1, 0.15) is 0 Å². The number of fused-ring (bicyclic) bond motifs is 1. The summed E-state index contributed by atoms with van der Waals surface area (Å²) in [6, 6.07) is 4.25. The predicted molar refractivity (Wildman–Crippen MR) is 89.2 cm³/mol. The topological polar surface area (TPSA) is 52.6 Å². The average Bonchev–Trinajstić information content (AvgIpc) is 2.38. The van der Waals surface area contributed by atoms with E-state index in [0.717, 1.165) is 27.8 Å². The Balaban J connectivity index is 2.15. The summed E-state index contributed by atoms with van der Waals surface area (Å²) in [6.45, 7) is 6.06. The Kier molecular flexibility index (Phi) is 4.91. The zero-order valence-electron chi connectivity index (χ0n) is 11.7. The molecule has 1 aliphatic rings. The molecule has 0 spiro atoms. The molecule has 2 rings (SSSR count). The maximum atomic E-state index is 11.0. The van der Waals surface area contributed by atoms with Crippen molar-refractivity contribution in [1.82, 2.24) is 4.90 Å². The lowest BCUT2D eigenvalue weighted by Gasteiger charge is -2.27. The Hall–Kier alpha value is -1.24. The Morgan fingerprint density at radius 3 is 2.85 bits per heavy atom. The van der Waals surface area contributed by atoms with E-state index in [1.165, 1.54) is 16.0 Å². The second-order valence-electron chi connectivity index (χ2n) is 5.22. The number of hydrogen-bond acceptors (Lipinski definition) is 2. The van der Waals surface area contributed by atoms with E-state index in [0.29, 0.717) is 13.1 Å². The number of rotatable bonds is 3. The van der Waals surface area contributed by atoms with Gasteiger partial charge >= 0.3 is 6.09 Å². The van der Waals surface area contributed by atoms with Gasteiger partial charge in [-0.05, 0) is 66.1 Å². The summed E-state index contributed by atoms with van der Waals surface area (Å²) in [5, 5.41) is 12.5. The van der Waals surface area contributed by atoms with Crippen molar-refractivity contribution in [2.75, 3.05) is 18.4 Å². The van der Waals surface area contributed by atoms with E-state index in [1.54, 1.807) is 0 Å². The Bertz CT molecular complexity index is 551. The number of halogens is 1. The van der Waals surface area contributed by atoms with Crippen molar-refractivity contribution in [2.24, 2.45) is 0 Å². The fourth-order valence-electron chi connectivity index (χ4n) is 2.24. The molecular weight excluding hydrogens is 367 g/mol. The zero-order chi connectivity index (χ0) is 14.7. The molecule has 0 unspecified atom stereocenters. The van der Waals surface area contributed by atoms with Crippen LogP contribution in [0.3, 0.4) is 0 Å². The fraction of sp³-hybridized carbons (Fsp3) is 0.400. The molecule has 20 heavy (non-hydrogen) atoms. The third-order valence-corrected chi connectivity index (χ3v) is 4.27. The van der Waals surface area contributed by atoms with Crippen LogP contribution < -0.4 is 5.32 Å². The lowest BCUT2D eigenvalue weighted by molar-refractivity contribution is 0.140. The van der Waals surface area contributed by atoms with Crippen LogP contribution in [0.25, 0.3) is 0 Å². The van der Waals surface area contributed by atoms with Crippen LogP contribution in [0.5, 0.6) is 0 Å². The minimum absolute atomic E-state index is 0.495. The first-order valence-corrected chi connectivity index (χ1v) is 7.71. The molecule has 1 aromatic rings. The molecule has 1 aromatic carbocycles. The Morgan fingerprint density at radius 1 is 1.45 bits per heavy atom. The van der Waals surface area contributed by atoms with Crippen LogP contribution in [0.2, 0.25) is 0 Å². The van der Waals surface area contributed by atoms with Crippen molar-refractivity contribution in [2.45, 2.75) is 26.8 Å². The molecule has 2 N–H and O–H groups in total. The number of carboxylic acid groups (broad SMARTS) is 1. The largest absolute Gasteiger partial charge is 0.465 e. The highest BCUT2D eigenvalue weighted by Gasteiger charge is 2.21. The molecule has 0 aromatic heterocycles. The molecule has 1 heterocycles. The first-order valence-electron chi connectivity index (χ1n) is 6.64.